The molecule has 2 N–H and O–H groups in total. The Kier molecular flexibility index (Phi) is 5.77. The first-order chi connectivity index (χ1) is 7.65. The van der Waals surface area contributed by atoms with Crippen LogP contribution in [0.5, 0.6) is 0 Å². The molecular weight excluding hydrogens is 202 g/mol. The molecule has 0 spiro atoms. The van der Waals surface area contributed by atoms with E-state index in [-0.39, 0.29) is 11.8 Å². The molecule has 94 valence electrons. The molecule has 0 aromatic heterocycles. The van der Waals surface area contributed by atoms with E-state index in [9.17, 15) is 4.79 Å². The Morgan fingerprint density at radius 2 is 2.38 bits per heavy atom. The standard InChI is InChI=1S/C12H25N3O/c1-4-10(2)15(3)8-7-14-12(16)11-5-6-13-9-11/h10-11,13H,4-9H2,1-3H3,(H,14,16). The van der Waals surface area contributed by atoms with Crippen molar-refractivity contribution in [3.63, 3.8) is 0 Å². The van der Waals surface area contributed by atoms with Gasteiger partial charge in [-0.3, -0.25) is 4.79 Å². The largest absolute Gasteiger partial charge is 0.355 e. The van der Waals surface area contributed by atoms with Crippen molar-refractivity contribution in [1.82, 2.24) is 15.5 Å². The van der Waals surface area contributed by atoms with Crippen LogP contribution in [0.3, 0.4) is 0 Å². The van der Waals surface area contributed by atoms with Gasteiger partial charge in [0.2, 0.25) is 5.91 Å². The first-order valence-corrected chi connectivity index (χ1v) is 6.33. The van der Waals surface area contributed by atoms with E-state index in [1.807, 2.05) is 0 Å². The first-order valence-electron chi connectivity index (χ1n) is 6.33. The number of nitrogens with one attached hydrogen (secondary N) is 2. The second kappa shape index (κ2) is 6.86. The van der Waals surface area contributed by atoms with Crippen molar-refractivity contribution in [1.29, 1.82) is 0 Å². The lowest BCUT2D eigenvalue weighted by molar-refractivity contribution is -0.124. The Hall–Kier alpha value is -0.610. The molecule has 2 atom stereocenters. The summed E-state index contributed by atoms with van der Waals surface area (Å²) in [5.41, 5.74) is 0. The monoisotopic (exact) mass is 227 g/mol. The lowest BCUT2D eigenvalue weighted by Crippen LogP contribution is -2.39. The fourth-order valence-electron chi connectivity index (χ4n) is 1.91. The maximum absolute atomic E-state index is 11.7. The molecule has 4 nitrogen and oxygen atoms in total. The Morgan fingerprint density at radius 3 is 2.94 bits per heavy atom. The van der Waals surface area contributed by atoms with E-state index >= 15 is 0 Å². The van der Waals surface area contributed by atoms with Crippen molar-refractivity contribution in [2.24, 2.45) is 5.92 Å². The minimum atomic E-state index is 0.189. The van der Waals surface area contributed by atoms with E-state index in [0.29, 0.717) is 6.04 Å². The molecule has 1 rings (SSSR count). The Bertz CT molecular complexity index is 214. The zero-order valence-electron chi connectivity index (χ0n) is 10.8. The van der Waals surface area contributed by atoms with Gasteiger partial charge in [-0.15, -0.1) is 0 Å². The molecule has 1 heterocycles. The third-order valence-corrected chi connectivity index (χ3v) is 3.54. The van der Waals surface area contributed by atoms with Crippen LogP contribution in [-0.4, -0.2) is 50.1 Å². The molecule has 2 unspecified atom stereocenters. The summed E-state index contributed by atoms with van der Waals surface area (Å²) >= 11 is 0. The van der Waals surface area contributed by atoms with E-state index in [0.717, 1.165) is 39.0 Å². The van der Waals surface area contributed by atoms with Gasteiger partial charge in [0.05, 0.1) is 5.92 Å². The highest BCUT2D eigenvalue weighted by Crippen LogP contribution is 2.06. The summed E-state index contributed by atoms with van der Waals surface area (Å²) in [5.74, 6) is 0.399. The number of hydrogen-bond acceptors (Lipinski definition) is 3. The Morgan fingerprint density at radius 1 is 1.62 bits per heavy atom. The molecular formula is C12H25N3O. The molecule has 0 saturated carbocycles. The highest BCUT2D eigenvalue weighted by molar-refractivity contribution is 5.79. The molecule has 4 heteroatoms. The Labute approximate surface area is 98.8 Å². The van der Waals surface area contributed by atoms with Crippen molar-refractivity contribution in [2.75, 3.05) is 33.2 Å². The second-order valence-electron chi connectivity index (χ2n) is 4.72. The molecule has 0 aromatic rings. The molecule has 1 amide bonds. The Balaban J connectivity index is 2.12. The third-order valence-electron chi connectivity index (χ3n) is 3.54. The zero-order valence-corrected chi connectivity index (χ0v) is 10.8. The molecule has 1 aliphatic rings. The maximum Gasteiger partial charge on any atom is 0.224 e. The highest BCUT2D eigenvalue weighted by atomic mass is 16.1. The van der Waals surface area contributed by atoms with Gasteiger partial charge in [-0.05, 0) is 33.4 Å². The summed E-state index contributed by atoms with van der Waals surface area (Å²) in [6.45, 7) is 7.90. The fraction of sp³-hybridized carbons (Fsp3) is 0.917. The average molecular weight is 227 g/mol. The van der Waals surface area contributed by atoms with Crippen molar-refractivity contribution in [3.05, 3.63) is 0 Å². The zero-order chi connectivity index (χ0) is 12.0. The van der Waals surface area contributed by atoms with Gasteiger partial charge in [-0.1, -0.05) is 6.92 Å². The topological polar surface area (TPSA) is 44.4 Å². The van der Waals surface area contributed by atoms with Crippen molar-refractivity contribution in [3.8, 4) is 0 Å². The fourth-order valence-corrected chi connectivity index (χ4v) is 1.91. The lowest BCUT2D eigenvalue weighted by atomic mass is 10.1. The van der Waals surface area contributed by atoms with Gasteiger partial charge in [-0.25, -0.2) is 0 Å². The summed E-state index contributed by atoms with van der Waals surface area (Å²) in [4.78, 5) is 14.0. The van der Waals surface area contributed by atoms with Crippen LogP contribution < -0.4 is 10.6 Å². The van der Waals surface area contributed by atoms with Gasteiger partial charge in [0, 0.05) is 25.7 Å². The van der Waals surface area contributed by atoms with E-state index < -0.39 is 0 Å². The second-order valence-corrected chi connectivity index (χ2v) is 4.72. The van der Waals surface area contributed by atoms with Gasteiger partial charge in [0.15, 0.2) is 0 Å². The van der Waals surface area contributed by atoms with Crippen LogP contribution in [0, 0.1) is 5.92 Å². The van der Waals surface area contributed by atoms with Crippen LogP contribution in [0.1, 0.15) is 26.7 Å². The molecule has 1 saturated heterocycles. The number of amides is 1. The van der Waals surface area contributed by atoms with Crippen LogP contribution in [-0.2, 0) is 4.79 Å². The summed E-state index contributed by atoms with van der Waals surface area (Å²) in [6, 6.07) is 0.588. The van der Waals surface area contributed by atoms with Crippen LogP contribution in [0.15, 0.2) is 0 Å². The van der Waals surface area contributed by atoms with Crippen molar-refractivity contribution < 1.29 is 4.79 Å². The van der Waals surface area contributed by atoms with E-state index in [2.05, 4.69) is 36.4 Å². The van der Waals surface area contributed by atoms with E-state index in [1.54, 1.807) is 0 Å². The van der Waals surface area contributed by atoms with Crippen LogP contribution in [0.2, 0.25) is 0 Å². The average Bonchev–Trinajstić information content (AvgIpc) is 2.81. The number of hydrogen-bond donors (Lipinski definition) is 2. The number of nitrogens with zero attached hydrogens (tertiary/aromatic N) is 1. The molecule has 1 aliphatic heterocycles. The minimum Gasteiger partial charge on any atom is -0.355 e. The summed E-state index contributed by atoms with van der Waals surface area (Å²) < 4.78 is 0. The number of carbonyl (C=O) groups is 1. The lowest BCUT2D eigenvalue weighted by Gasteiger charge is -2.23. The molecule has 16 heavy (non-hydrogen) atoms. The summed E-state index contributed by atoms with van der Waals surface area (Å²) in [7, 11) is 2.11. The third kappa shape index (κ3) is 4.10. The van der Waals surface area contributed by atoms with E-state index in [4.69, 9.17) is 0 Å². The summed E-state index contributed by atoms with van der Waals surface area (Å²) in [6.07, 6.45) is 2.13. The first kappa shape index (κ1) is 13.5. The molecule has 0 aliphatic carbocycles. The van der Waals surface area contributed by atoms with Crippen LogP contribution >= 0.6 is 0 Å². The number of likely N-dealkylation sites (N-methyl/N-ethyl adjacent to an activating group) is 1. The molecule has 0 radical (unpaired) electrons. The summed E-state index contributed by atoms with van der Waals surface area (Å²) in [5, 5.41) is 6.22. The van der Waals surface area contributed by atoms with Gasteiger partial charge >= 0.3 is 0 Å². The SMILES string of the molecule is CCC(C)N(C)CCNC(=O)C1CCNC1. The van der Waals surface area contributed by atoms with Crippen LogP contribution in [0.4, 0.5) is 0 Å². The smallest absolute Gasteiger partial charge is 0.224 e. The normalized spacial score (nSPS) is 22.4. The van der Waals surface area contributed by atoms with Crippen LogP contribution in [0.25, 0.3) is 0 Å². The minimum absolute atomic E-state index is 0.189. The van der Waals surface area contributed by atoms with Gasteiger partial charge < -0.3 is 15.5 Å². The van der Waals surface area contributed by atoms with Gasteiger partial charge in [-0.2, -0.15) is 0 Å². The maximum atomic E-state index is 11.7. The quantitative estimate of drug-likeness (QED) is 0.692. The number of carbonyl (C=O) groups excluding carboxylic acids is 1. The number of rotatable bonds is 6. The van der Waals surface area contributed by atoms with E-state index in [1.165, 1.54) is 0 Å². The molecule has 0 bridgehead atoms. The van der Waals surface area contributed by atoms with Crippen molar-refractivity contribution >= 4 is 5.91 Å². The predicted octanol–water partition coefficient (Wildman–Crippen LogP) is 0.442. The predicted molar refractivity (Wildman–Crippen MR) is 66.4 cm³/mol. The highest BCUT2D eigenvalue weighted by Gasteiger charge is 2.21. The molecule has 0 aromatic carbocycles. The van der Waals surface area contributed by atoms with Gasteiger partial charge in [0.25, 0.3) is 0 Å². The molecule has 1 fully saturated rings. The van der Waals surface area contributed by atoms with Gasteiger partial charge in [0.1, 0.15) is 0 Å². The van der Waals surface area contributed by atoms with Crippen molar-refractivity contribution in [2.45, 2.75) is 32.7 Å².